The molecule has 2 aliphatic heterocycles. The van der Waals surface area contributed by atoms with Gasteiger partial charge < -0.3 is 24.8 Å². The second kappa shape index (κ2) is 8.50. The number of fused-ring (bicyclic) bond motifs is 1. The van der Waals surface area contributed by atoms with Gasteiger partial charge in [-0.3, -0.25) is 4.79 Å². The van der Waals surface area contributed by atoms with Gasteiger partial charge in [-0.25, -0.2) is 15.0 Å². The van der Waals surface area contributed by atoms with E-state index < -0.39 is 0 Å². The van der Waals surface area contributed by atoms with E-state index in [1.165, 1.54) is 12.7 Å². The molecule has 3 aromatic rings. The lowest BCUT2D eigenvalue weighted by Gasteiger charge is -2.32. The molecule has 162 valence electrons. The minimum Gasteiger partial charge on any atom is -0.378 e. The van der Waals surface area contributed by atoms with Crippen LogP contribution in [0.4, 0.5) is 23.1 Å². The van der Waals surface area contributed by atoms with Crippen molar-refractivity contribution in [1.82, 2.24) is 19.9 Å². The van der Waals surface area contributed by atoms with Crippen LogP contribution in [0.5, 0.6) is 0 Å². The Bertz CT molecular complexity index is 1110. The van der Waals surface area contributed by atoms with Crippen molar-refractivity contribution in [2.24, 2.45) is 5.92 Å². The maximum absolute atomic E-state index is 12.6. The number of rotatable bonds is 4. The molecule has 0 radical (unpaired) electrons. The van der Waals surface area contributed by atoms with E-state index in [1.54, 1.807) is 6.20 Å². The Labute approximate surface area is 180 Å². The average Bonchev–Trinajstić information content (AvgIpc) is 2.80. The third-order valence-corrected chi connectivity index (χ3v) is 5.94. The zero-order chi connectivity index (χ0) is 21.2. The monoisotopic (exact) mass is 421 g/mol. The summed E-state index contributed by atoms with van der Waals surface area (Å²) in [7, 11) is 0. The molecule has 0 spiro atoms. The number of aromatic nitrogens is 4. The molecule has 2 fully saturated rings. The van der Waals surface area contributed by atoms with Crippen molar-refractivity contribution in [2.45, 2.75) is 19.8 Å². The molecule has 2 N–H and O–H groups in total. The Kier molecular flexibility index (Phi) is 5.42. The predicted molar refractivity (Wildman–Crippen MR) is 121 cm³/mol. The molecule has 5 rings (SSSR count). The van der Waals surface area contributed by atoms with Crippen molar-refractivity contribution in [3.05, 3.63) is 41.1 Å². The first-order valence-corrected chi connectivity index (χ1v) is 10.9. The van der Waals surface area contributed by atoms with E-state index >= 15 is 0 Å². The van der Waals surface area contributed by atoms with E-state index in [1.807, 2.05) is 18.2 Å². The number of nitrogens with zero attached hydrogens (tertiary/aromatic N) is 5. The molecule has 2 aliphatic rings. The van der Waals surface area contributed by atoms with Crippen LogP contribution >= 0.6 is 0 Å². The molecular weight excluding hydrogens is 394 g/mol. The number of aromatic amines is 1. The van der Waals surface area contributed by atoms with Crippen molar-refractivity contribution in [1.29, 1.82) is 0 Å². The molecule has 0 aliphatic carbocycles. The number of nitrogens with one attached hydrogen (secondary N) is 2. The molecule has 0 saturated carbocycles. The number of H-pyrrole nitrogens is 1. The molecule has 1 atom stereocenters. The van der Waals surface area contributed by atoms with Gasteiger partial charge in [-0.2, -0.15) is 0 Å². The number of morpholine rings is 1. The summed E-state index contributed by atoms with van der Waals surface area (Å²) in [5.74, 6) is 2.88. The summed E-state index contributed by atoms with van der Waals surface area (Å²) in [6, 6.07) is 5.85. The number of hydrogen-bond donors (Lipinski definition) is 2. The number of piperidine rings is 1. The minimum absolute atomic E-state index is 0.212. The largest absolute Gasteiger partial charge is 0.378 e. The molecule has 3 aromatic heterocycles. The van der Waals surface area contributed by atoms with Gasteiger partial charge in [0.2, 0.25) is 0 Å². The van der Waals surface area contributed by atoms with Gasteiger partial charge in [0.25, 0.3) is 5.56 Å². The first-order chi connectivity index (χ1) is 15.2. The lowest BCUT2D eigenvalue weighted by molar-refractivity contribution is 0.122. The maximum Gasteiger partial charge on any atom is 0.262 e. The summed E-state index contributed by atoms with van der Waals surface area (Å²) < 4.78 is 5.41. The maximum atomic E-state index is 12.6. The van der Waals surface area contributed by atoms with Gasteiger partial charge >= 0.3 is 0 Å². The number of pyridine rings is 2. The highest BCUT2D eigenvalue weighted by molar-refractivity contribution is 5.92. The Balaban J connectivity index is 1.47. The average molecular weight is 422 g/mol. The van der Waals surface area contributed by atoms with Crippen LogP contribution in [-0.4, -0.2) is 59.3 Å². The number of hydrogen-bond acceptors (Lipinski definition) is 8. The molecule has 5 heterocycles. The lowest BCUT2D eigenvalue weighted by Crippen LogP contribution is -2.36. The predicted octanol–water partition coefficient (Wildman–Crippen LogP) is 2.53. The minimum atomic E-state index is -0.212. The lowest BCUT2D eigenvalue weighted by atomic mass is 10.0. The van der Waals surface area contributed by atoms with Crippen LogP contribution in [0.1, 0.15) is 19.8 Å². The van der Waals surface area contributed by atoms with Gasteiger partial charge in [0.15, 0.2) is 0 Å². The molecule has 9 nitrogen and oxygen atoms in total. The standard InChI is InChI=1S/C22H27N7O2/c1-15-3-2-6-29(13-15)19-11-17-20(22(30)25-14-24-17)21(27-19)26-16-4-5-18(23-12-16)28-7-9-31-10-8-28/h4-5,11-12,14-15H,2-3,6-10,13H2,1H3,(H,26,27)(H,24,25,30). The fourth-order valence-electron chi connectivity index (χ4n) is 4.30. The van der Waals surface area contributed by atoms with Gasteiger partial charge in [0.1, 0.15) is 22.8 Å². The van der Waals surface area contributed by atoms with E-state index in [9.17, 15) is 4.79 Å². The highest BCUT2D eigenvalue weighted by Crippen LogP contribution is 2.28. The molecular formula is C22H27N7O2. The van der Waals surface area contributed by atoms with Crippen molar-refractivity contribution < 1.29 is 4.74 Å². The Morgan fingerprint density at radius 3 is 2.77 bits per heavy atom. The van der Waals surface area contributed by atoms with Gasteiger partial charge in [-0.15, -0.1) is 0 Å². The molecule has 0 bridgehead atoms. The van der Waals surface area contributed by atoms with Crippen molar-refractivity contribution in [3.63, 3.8) is 0 Å². The van der Waals surface area contributed by atoms with Crippen LogP contribution in [0.3, 0.4) is 0 Å². The Morgan fingerprint density at radius 1 is 1.13 bits per heavy atom. The molecule has 9 heteroatoms. The molecule has 0 amide bonds. The first-order valence-electron chi connectivity index (χ1n) is 10.9. The smallest absolute Gasteiger partial charge is 0.262 e. The van der Waals surface area contributed by atoms with Gasteiger partial charge in [0, 0.05) is 32.2 Å². The topological polar surface area (TPSA) is 99.3 Å². The SMILES string of the molecule is CC1CCCN(c2cc3nc[nH]c(=O)c3c(Nc3ccc(N4CCOCC4)nc3)n2)C1. The first kappa shape index (κ1) is 19.7. The van der Waals surface area contributed by atoms with Crippen LogP contribution < -0.4 is 20.7 Å². The van der Waals surface area contributed by atoms with E-state index in [0.29, 0.717) is 22.6 Å². The van der Waals surface area contributed by atoms with E-state index in [2.05, 4.69) is 37.0 Å². The quantitative estimate of drug-likeness (QED) is 0.663. The highest BCUT2D eigenvalue weighted by Gasteiger charge is 2.20. The normalized spacial score (nSPS) is 19.6. The summed E-state index contributed by atoms with van der Waals surface area (Å²) >= 11 is 0. The third-order valence-electron chi connectivity index (χ3n) is 5.94. The van der Waals surface area contributed by atoms with E-state index in [4.69, 9.17) is 9.72 Å². The second-order valence-corrected chi connectivity index (χ2v) is 8.28. The summed E-state index contributed by atoms with van der Waals surface area (Å²) in [4.78, 5) is 33.5. The van der Waals surface area contributed by atoms with Crippen LogP contribution in [0, 0.1) is 5.92 Å². The Hall–Kier alpha value is -3.20. The molecule has 2 saturated heterocycles. The van der Waals surface area contributed by atoms with Gasteiger partial charge in [-0.05, 0) is 30.9 Å². The fourth-order valence-corrected chi connectivity index (χ4v) is 4.30. The molecule has 0 aromatic carbocycles. The van der Waals surface area contributed by atoms with Crippen LogP contribution in [0.25, 0.3) is 10.9 Å². The highest BCUT2D eigenvalue weighted by atomic mass is 16.5. The summed E-state index contributed by atoms with van der Waals surface area (Å²) in [6.07, 6.45) is 5.59. The van der Waals surface area contributed by atoms with Crippen LogP contribution in [-0.2, 0) is 4.74 Å². The van der Waals surface area contributed by atoms with Crippen molar-refractivity contribution in [2.75, 3.05) is 54.5 Å². The van der Waals surface area contributed by atoms with Crippen LogP contribution in [0.15, 0.2) is 35.5 Å². The zero-order valence-corrected chi connectivity index (χ0v) is 17.7. The van der Waals surface area contributed by atoms with E-state index in [-0.39, 0.29) is 5.56 Å². The van der Waals surface area contributed by atoms with Gasteiger partial charge in [0.05, 0.1) is 36.9 Å². The zero-order valence-electron chi connectivity index (χ0n) is 17.7. The van der Waals surface area contributed by atoms with Gasteiger partial charge in [-0.1, -0.05) is 6.92 Å². The molecule has 31 heavy (non-hydrogen) atoms. The second-order valence-electron chi connectivity index (χ2n) is 8.28. The number of anilines is 4. The van der Waals surface area contributed by atoms with Crippen molar-refractivity contribution >= 4 is 34.0 Å². The Morgan fingerprint density at radius 2 is 2.00 bits per heavy atom. The molecule has 1 unspecified atom stereocenters. The van der Waals surface area contributed by atoms with E-state index in [0.717, 1.165) is 63.1 Å². The summed E-state index contributed by atoms with van der Waals surface area (Å²) in [6.45, 7) is 7.28. The number of ether oxygens (including phenoxy) is 1. The van der Waals surface area contributed by atoms with Crippen LogP contribution in [0.2, 0.25) is 0 Å². The summed E-state index contributed by atoms with van der Waals surface area (Å²) in [5, 5.41) is 3.76. The fraction of sp³-hybridized carbons (Fsp3) is 0.455. The van der Waals surface area contributed by atoms with Crippen molar-refractivity contribution in [3.8, 4) is 0 Å². The third kappa shape index (κ3) is 4.18. The summed E-state index contributed by atoms with van der Waals surface area (Å²) in [5.41, 5.74) is 1.20.